The van der Waals surface area contributed by atoms with Crippen LogP contribution in [0.3, 0.4) is 0 Å². The van der Waals surface area contributed by atoms with Gasteiger partial charge in [-0.25, -0.2) is 8.78 Å². The monoisotopic (exact) mass is 486 g/mol. The van der Waals surface area contributed by atoms with E-state index in [1.165, 1.54) is 68.7 Å². The van der Waals surface area contributed by atoms with Gasteiger partial charge in [-0.3, -0.25) is 0 Å². The highest BCUT2D eigenvalue weighted by atomic mass is 19.4. The molecule has 0 bridgehead atoms. The van der Waals surface area contributed by atoms with Crippen molar-refractivity contribution in [2.45, 2.75) is 64.1 Å². The van der Waals surface area contributed by atoms with Crippen LogP contribution in [0.15, 0.2) is 48.5 Å². The van der Waals surface area contributed by atoms with Crippen LogP contribution >= 0.6 is 0 Å². The second kappa shape index (κ2) is 10.7. The Kier molecular flexibility index (Phi) is 7.64. The third kappa shape index (κ3) is 6.33. The number of alkyl halides is 3. The van der Waals surface area contributed by atoms with Crippen LogP contribution in [0.2, 0.25) is 0 Å². The quantitative estimate of drug-likeness (QED) is 0.258. The number of ether oxygens (including phenoxy) is 1. The van der Waals surface area contributed by atoms with Gasteiger partial charge < -0.3 is 4.74 Å². The van der Waals surface area contributed by atoms with Gasteiger partial charge in [-0.15, -0.1) is 13.2 Å². The van der Waals surface area contributed by atoms with Crippen LogP contribution in [-0.4, -0.2) is 6.36 Å². The lowest BCUT2D eigenvalue weighted by Gasteiger charge is -2.28. The van der Waals surface area contributed by atoms with Crippen molar-refractivity contribution in [3.63, 3.8) is 0 Å². The van der Waals surface area contributed by atoms with Crippen LogP contribution in [0.5, 0.6) is 5.75 Å². The molecule has 1 aliphatic carbocycles. The van der Waals surface area contributed by atoms with Crippen molar-refractivity contribution in [2.75, 3.05) is 0 Å². The average Bonchev–Trinajstić information content (AvgIpc) is 2.84. The van der Waals surface area contributed by atoms with Gasteiger partial charge in [0.25, 0.3) is 0 Å². The molecule has 3 aromatic rings. The summed E-state index contributed by atoms with van der Waals surface area (Å²) in [6.45, 7) is 2.24. The minimum atomic E-state index is -5.19. The highest BCUT2D eigenvalue weighted by Gasteiger charge is 2.34. The maximum Gasteiger partial charge on any atom is 0.573 e. The first-order valence-electron chi connectivity index (χ1n) is 12.0. The first-order chi connectivity index (χ1) is 16.7. The minimum absolute atomic E-state index is 0.103. The van der Waals surface area contributed by atoms with Crippen LogP contribution in [0.1, 0.15) is 74.5 Å². The van der Waals surface area contributed by atoms with Gasteiger partial charge in [0.05, 0.1) is 0 Å². The largest absolute Gasteiger partial charge is 0.573 e. The third-order valence-electron chi connectivity index (χ3n) is 6.75. The second-order valence-corrected chi connectivity index (χ2v) is 9.22. The SMILES string of the molecule is CCCC[C@H]1CC[C@H](c2ccc(C#Cc3ccc4c(F)c(OC(F)(F)F)c(F)cc4c3)cc2)CC1. The third-order valence-corrected chi connectivity index (χ3v) is 6.75. The fraction of sp³-hybridized carbons (Fsp3) is 0.379. The number of benzene rings is 3. The average molecular weight is 487 g/mol. The molecule has 1 aliphatic rings. The number of hydrogen-bond donors (Lipinski definition) is 0. The van der Waals surface area contributed by atoms with E-state index in [1.54, 1.807) is 0 Å². The molecule has 4 rings (SSSR count). The predicted molar refractivity (Wildman–Crippen MR) is 127 cm³/mol. The molecular formula is C29H27F5O. The molecule has 3 aromatic carbocycles. The maximum atomic E-state index is 14.4. The Morgan fingerprint density at radius 1 is 0.886 bits per heavy atom. The van der Waals surface area contributed by atoms with Gasteiger partial charge in [-0.05, 0) is 78.8 Å². The van der Waals surface area contributed by atoms with Gasteiger partial charge in [0.2, 0.25) is 5.75 Å². The van der Waals surface area contributed by atoms with E-state index < -0.39 is 23.7 Å². The highest BCUT2D eigenvalue weighted by Crippen LogP contribution is 2.38. The first-order valence-corrected chi connectivity index (χ1v) is 12.0. The van der Waals surface area contributed by atoms with Crippen molar-refractivity contribution >= 4 is 10.8 Å². The van der Waals surface area contributed by atoms with E-state index in [9.17, 15) is 22.0 Å². The van der Waals surface area contributed by atoms with Gasteiger partial charge in [-0.1, -0.05) is 56.2 Å². The van der Waals surface area contributed by atoms with E-state index in [1.807, 2.05) is 12.1 Å². The summed E-state index contributed by atoms with van der Waals surface area (Å²) in [5, 5.41) is -0.0730. The summed E-state index contributed by atoms with van der Waals surface area (Å²) in [4.78, 5) is 0. The lowest BCUT2D eigenvalue weighted by molar-refractivity contribution is -0.276. The molecule has 0 saturated heterocycles. The van der Waals surface area contributed by atoms with Crippen molar-refractivity contribution in [3.8, 4) is 17.6 Å². The molecular weight excluding hydrogens is 459 g/mol. The first kappa shape index (κ1) is 25.0. The fourth-order valence-corrected chi connectivity index (χ4v) is 4.86. The van der Waals surface area contributed by atoms with Crippen LogP contribution in [0.25, 0.3) is 10.8 Å². The number of fused-ring (bicyclic) bond motifs is 1. The lowest BCUT2D eigenvalue weighted by Crippen LogP contribution is -2.19. The molecule has 6 heteroatoms. The summed E-state index contributed by atoms with van der Waals surface area (Å²) in [7, 11) is 0. The standard InChI is InChI=1S/C29H27F5O/c1-2-3-4-19-7-12-22(13-8-19)23-14-9-20(10-15-23)5-6-21-11-16-25-24(17-21)18-26(30)28(27(25)31)35-29(32,33)34/h9-11,14-19,22H,2-4,7-8,12-13H2,1H3/t19-,22-. The van der Waals surface area contributed by atoms with Gasteiger partial charge in [0, 0.05) is 16.5 Å². The molecule has 0 spiro atoms. The molecule has 0 aliphatic heterocycles. The Hall–Kier alpha value is -3.07. The molecule has 0 amide bonds. The summed E-state index contributed by atoms with van der Waals surface area (Å²) < 4.78 is 69.3. The summed E-state index contributed by atoms with van der Waals surface area (Å²) in [5.41, 5.74) is 2.64. The molecule has 1 fully saturated rings. The Balaban J connectivity index is 1.46. The summed E-state index contributed by atoms with van der Waals surface area (Å²) in [6, 6.07) is 13.2. The maximum absolute atomic E-state index is 14.4. The molecule has 0 atom stereocenters. The van der Waals surface area contributed by atoms with Gasteiger partial charge >= 0.3 is 6.36 Å². The summed E-state index contributed by atoms with van der Waals surface area (Å²) >= 11 is 0. The zero-order valence-corrected chi connectivity index (χ0v) is 19.5. The molecule has 0 heterocycles. The Morgan fingerprint density at radius 3 is 2.20 bits per heavy atom. The van der Waals surface area contributed by atoms with Crippen LogP contribution < -0.4 is 4.74 Å². The van der Waals surface area contributed by atoms with E-state index in [4.69, 9.17) is 0 Å². The molecule has 1 saturated carbocycles. The van der Waals surface area contributed by atoms with E-state index in [0.717, 1.165) is 17.5 Å². The van der Waals surface area contributed by atoms with Crippen LogP contribution in [0.4, 0.5) is 22.0 Å². The fourth-order valence-electron chi connectivity index (χ4n) is 4.86. The lowest BCUT2D eigenvalue weighted by atomic mass is 9.77. The number of unbranched alkanes of at least 4 members (excludes halogenated alkanes) is 1. The highest BCUT2D eigenvalue weighted by molar-refractivity contribution is 5.86. The Morgan fingerprint density at radius 2 is 1.54 bits per heavy atom. The number of hydrogen-bond acceptors (Lipinski definition) is 1. The molecule has 184 valence electrons. The molecule has 35 heavy (non-hydrogen) atoms. The summed E-state index contributed by atoms with van der Waals surface area (Å²) in [6.07, 6.45) is 3.75. The molecule has 0 unspecified atom stereocenters. The molecule has 0 aromatic heterocycles. The molecule has 1 nitrogen and oxygen atoms in total. The zero-order valence-electron chi connectivity index (χ0n) is 19.5. The zero-order chi connectivity index (χ0) is 25.0. The topological polar surface area (TPSA) is 9.23 Å². The Labute approximate surface area is 202 Å². The smallest absolute Gasteiger partial charge is 0.399 e. The van der Waals surface area contributed by atoms with E-state index in [-0.39, 0.29) is 10.8 Å². The predicted octanol–water partition coefficient (Wildman–Crippen LogP) is 8.88. The van der Waals surface area contributed by atoms with Gasteiger partial charge in [0.15, 0.2) is 11.6 Å². The van der Waals surface area contributed by atoms with Gasteiger partial charge in [0.1, 0.15) is 0 Å². The van der Waals surface area contributed by atoms with Crippen LogP contribution in [-0.2, 0) is 0 Å². The van der Waals surface area contributed by atoms with Gasteiger partial charge in [-0.2, -0.15) is 0 Å². The van der Waals surface area contributed by atoms with Crippen molar-refractivity contribution in [1.82, 2.24) is 0 Å². The molecule has 0 N–H and O–H groups in total. The van der Waals surface area contributed by atoms with E-state index in [2.05, 4.69) is 35.6 Å². The van der Waals surface area contributed by atoms with E-state index in [0.29, 0.717) is 11.5 Å². The minimum Gasteiger partial charge on any atom is -0.399 e. The second-order valence-electron chi connectivity index (χ2n) is 9.22. The normalized spacial score (nSPS) is 18.2. The molecule has 0 radical (unpaired) electrons. The van der Waals surface area contributed by atoms with Crippen LogP contribution in [0, 0.1) is 29.4 Å². The Bertz CT molecular complexity index is 1230. The van der Waals surface area contributed by atoms with Crippen molar-refractivity contribution < 1.29 is 26.7 Å². The van der Waals surface area contributed by atoms with E-state index >= 15 is 0 Å². The van der Waals surface area contributed by atoms with Crippen molar-refractivity contribution in [1.29, 1.82) is 0 Å². The van der Waals surface area contributed by atoms with Crippen molar-refractivity contribution in [2.24, 2.45) is 5.92 Å². The number of halogens is 5. The van der Waals surface area contributed by atoms with Crippen molar-refractivity contribution in [3.05, 3.63) is 76.9 Å². The number of rotatable bonds is 5. The summed E-state index contributed by atoms with van der Waals surface area (Å²) in [5.74, 6) is 3.18.